The standard InChI is InChI=1S/C96H88N16O8.Zn/c1-105(2)57-25-17-33-65(41-57)113-81-49-73-74(50-82(81)114-66-34-18-26-58(42-66)106(3)4)90-97-89(73)101-91-75-51-83(115-67-35-19-27-59(43-67)107(5)6)84(116-68-36-20-28-60(44-68)108(7)8)52-76(75)93(98-91)103-95-79-55-87(119-71-39-23-31-63(47-71)111(13)14)88(120-72-40-24-32-64(48-72)112(15)16)56-80(79)96(100-95)104-94-78-54-86(118-70-38-22-30-62(46-70)110(11)12)85(53-77(78)92(99-94)102-90)117-69-37-21-29-61(45-69)109(9)10;/h17-56H,1-16H3;/q-2;+2. The number of nitrogens with zero attached hydrogens (tertiary/aromatic N) is 16. The van der Waals surface area contributed by atoms with Gasteiger partial charge in [0.2, 0.25) is 0 Å². The molecule has 0 spiro atoms. The quantitative estimate of drug-likeness (QED) is 0.0516. The van der Waals surface area contributed by atoms with Crippen molar-refractivity contribution in [2.45, 2.75) is 0 Å². The summed E-state index contributed by atoms with van der Waals surface area (Å²) in [6.45, 7) is 0. The Kier molecular flexibility index (Phi) is 22.2. The van der Waals surface area contributed by atoms with E-state index in [9.17, 15) is 0 Å². The van der Waals surface area contributed by atoms with Crippen molar-refractivity contribution in [3.05, 3.63) is 243 Å². The van der Waals surface area contributed by atoms with E-state index in [4.69, 9.17) is 77.8 Å². The van der Waals surface area contributed by atoms with Crippen molar-refractivity contribution < 1.29 is 57.4 Å². The summed E-state index contributed by atoms with van der Waals surface area (Å²) in [4.78, 5) is 60.5. The Balaban J connectivity index is 0.0000109. The van der Waals surface area contributed by atoms with Gasteiger partial charge in [0.1, 0.15) is 46.0 Å². The van der Waals surface area contributed by atoms with E-state index in [-0.39, 0.29) is 65.4 Å². The SMILES string of the molecule is CN(C)c1cccc(Oc2cc3c(cc2Oc2cccc(N(C)C)c2)-c2nc-3nc3[n-]c(nc4nc(nc5[n-]c(n2)c2cc(Oc6cccc(N(C)C)c6)c(Oc6cccc(N(C)C)c6)cc52)-c2cc(Oc5cccc(N(C)C)c5)c(Oc5cccc(N(C)C)c5)cc2-4)c2cc(Oc4cccc(N(C)C)c4)c(Oc4cccc(N(C)C)c4)cc32)c1.[Zn+2]. The van der Waals surface area contributed by atoms with E-state index >= 15 is 0 Å². The molecule has 24 nitrogen and oxygen atoms in total. The van der Waals surface area contributed by atoms with Gasteiger partial charge in [-0.15, -0.1) is 0 Å². The minimum atomic E-state index is 0. The van der Waals surface area contributed by atoms with Gasteiger partial charge < -0.3 is 107 Å². The average Bonchev–Trinajstić information content (AvgIpc) is 1.59. The molecule has 0 radical (unpaired) electrons. The van der Waals surface area contributed by atoms with Gasteiger partial charge in [0, 0.05) is 252 Å². The van der Waals surface area contributed by atoms with Crippen molar-refractivity contribution in [1.82, 2.24) is 39.9 Å². The third-order valence-corrected chi connectivity index (χ3v) is 20.5. The molecule has 17 rings (SSSR count). The van der Waals surface area contributed by atoms with Crippen molar-refractivity contribution in [3.63, 3.8) is 0 Å². The fourth-order valence-corrected chi connectivity index (χ4v) is 13.9. The maximum atomic E-state index is 7.05. The summed E-state index contributed by atoms with van der Waals surface area (Å²) in [5, 5.41) is 2.07. The zero-order valence-corrected chi connectivity index (χ0v) is 73.2. The Labute approximate surface area is 714 Å². The molecule has 2 aliphatic heterocycles. The largest absolute Gasteiger partial charge is 2.00 e. The molecule has 25 heteroatoms. The minimum absolute atomic E-state index is 0. The predicted octanol–water partition coefficient (Wildman–Crippen LogP) is 21.0. The van der Waals surface area contributed by atoms with Crippen molar-refractivity contribution in [3.8, 4) is 138 Å². The number of anilines is 8. The Hall–Kier alpha value is -14.6. The zero-order valence-electron chi connectivity index (χ0n) is 70.2. The van der Waals surface area contributed by atoms with Gasteiger partial charge >= 0.3 is 19.5 Å². The van der Waals surface area contributed by atoms with Gasteiger partial charge in [-0.2, -0.15) is 0 Å². The van der Waals surface area contributed by atoms with E-state index in [0.717, 1.165) is 45.5 Å². The molecule has 602 valence electrons. The topological polar surface area (TPSA) is 205 Å². The fraction of sp³-hybridized carbons (Fsp3) is 0.167. The van der Waals surface area contributed by atoms with Gasteiger partial charge in [0.25, 0.3) is 0 Å². The monoisotopic (exact) mass is 1660 g/mol. The molecule has 121 heavy (non-hydrogen) atoms. The van der Waals surface area contributed by atoms with Crippen molar-refractivity contribution in [1.29, 1.82) is 0 Å². The van der Waals surface area contributed by atoms with Crippen LogP contribution in [0.25, 0.3) is 89.7 Å². The molecule has 0 atom stereocenters. The van der Waals surface area contributed by atoms with E-state index in [1.165, 1.54) is 0 Å². The van der Waals surface area contributed by atoms with Gasteiger partial charge in [-0.05, 0) is 167 Å². The number of aromatic nitrogens is 8. The zero-order chi connectivity index (χ0) is 83.3. The van der Waals surface area contributed by atoms with Crippen LogP contribution in [0.1, 0.15) is 0 Å². The van der Waals surface area contributed by atoms with Crippen LogP contribution in [0.4, 0.5) is 45.5 Å². The van der Waals surface area contributed by atoms with E-state index < -0.39 is 0 Å². The number of fused-ring (bicyclic) bond motifs is 20. The summed E-state index contributed by atoms with van der Waals surface area (Å²) in [6, 6.07) is 77.7. The molecule has 3 aromatic heterocycles. The molecular weight excluding hydrogens is 1570 g/mol. The van der Waals surface area contributed by atoms with Gasteiger partial charge in [0.05, 0.1) is 23.3 Å². The van der Waals surface area contributed by atoms with E-state index in [0.29, 0.717) is 136 Å². The summed E-state index contributed by atoms with van der Waals surface area (Å²) >= 11 is 0. The summed E-state index contributed by atoms with van der Waals surface area (Å²) in [5.41, 5.74) is 10.2. The predicted molar refractivity (Wildman–Crippen MR) is 481 cm³/mol. The first-order valence-electron chi connectivity index (χ1n) is 39.0. The molecule has 0 saturated heterocycles. The second kappa shape index (κ2) is 33.4. The molecule has 0 unspecified atom stereocenters. The normalized spacial score (nSPS) is 11.2. The van der Waals surface area contributed by atoms with Crippen LogP contribution in [-0.4, -0.2) is 143 Å². The molecule has 0 aliphatic carbocycles. The first-order valence-corrected chi connectivity index (χ1v) is 39.0. The summed E-state index contributed by atoms with van der Waals surface area (Å²) in [7, 11) is 31.7. The Morgan fingerprint density at radius 2 is 0.339 bits per heavy atom. The summed E-state index contributed by atoms with van der Waals surface area (Å²) < 4.78 is 56.4. The van der Waals surface area contributed by atoms with Crippen LogP contribution >= 0.6 is 0 Å². The van der Waals surface area contributed by atoms with Crippen LogP contribution in [0.15, 0.2) is 243 Å². The van der Waals surface area contributed by atoms with E-state index in [2.05, 4.69) is 0 Å². The second-order valence-corrected chi connectivity index (χ2v) is 30.8. The van der Waals surface area contributed by atoms with Crippen LogP contribution in [0.5, 0.6) is 92.0 Å². The van der Waals surface area contributed by atoms with Gasteiger partial charge in [-0.25, -0.2) is 9.97 Å². The third-order valence-electron chi connectivity index (χ3n) is 20.5. The smallest absolute Gasteiger partial charge is 0.453 e. The van der Waals surface area contributed by atoms with Crippen LogP contribution in [0, 0.1) is 0 Å². The van der Waals surface area contributed by atoms with Crippen molar-refractivity contribution in [2.75, 3.05) is 152 Å². The van der Waals surface area contributed by atoms with E-state index in [1.807, 2.05) is 395 Å². The molecule has 0 fully saturated rings. The number of rotatable bonds is 24. The number of ether oxygens (including phenoxy) is 8. The average molecular weight is 1660 g/mol. The number of hydrogen-bond donors (Lipinski definition) is 0. The second-order valence-electron chi connectivity index (χ2n) is 30.8. The third kappa shape index (κ3) is 17.0. The van der Waals surface area contributed by atoms with Gasteiger partial charge in [-0.3, -0.25) is 0 Å². The summed E-state index contributed by atoms with van der Waals surface area (Å²) in [5.74, 6) is 7.95. The Morgan fingerprint density at radius 1 is 0.190 bits per heavy atom. The molecule has 5 heterocycles. The first kappa shape index (κ1) is 80.2. The van der Waals surface area contributed by atoms with Crippen LogP contribution < -0.4 is 87.1 Å². The van der Waals surface area contributed by atoms with Crippen LogP contribution in [0.2, 0.25) is 0 Å². The van der Waals surface area contributed by atoms with Gasteiger partial charge in [-0.1, -0.05) is 48.5 Å². The van der Waals surface area contributed by atoms with Crippen molar-refractivity contribution in [2.24, 2.45) is 0 Å². The molecule has 8 bridgehead atoms. The molecule has 12 aromatic carbocycles. The molecule has 0 amide bonds. The Morgan fingerprint density at radius 3 is 0.488 bits per heavy atom. The van der Waals surface area contributed by atoms with Gasteiger partial charge in [0.15, 0.2) is 46.0 Å². The molecule has 0 N–H and O–H groups in total. The molecule has 2 aliphatic rings. The number of hydrogen-bond acceptors (Lipinski definition) is 22. The summed E-state index contributed by atoms with van der Waals surface area (Å²) in [6.07, 6.45) is 0. The maximum absolute atomic E-state index is 7.05. The number of benzene rings is 12. The van der Waals surface area contributed by atoms with Crippen LogP contribution in [0.3, 0.4) is 0 Å². The minimum Gasteiger partial charge on any atom is -0.453 e. The Bertz CT molecular complexity index is 5880. The van der Waals surface area contributed by atoms with Crippen LogP contribution in [-0.2, 0) is 19.5 Å². The molecular formula is C96H88N16O8Zn. The first-order chi connectivity index (χ1) is 57.9. The fourth-order valence-electron chi connectivity index (χ4n) is 13.9. The van der Waals surface area contributed by atoms with E-state index in [1.54, 1.807) is 0 Å². The maximum Gasteiger partial charge on any atom is 2.00 e. The molecule has 15 aromatic rings. The molecule has 0 saturated carbocycles. The van der Waals surface area contributed by atoms with Crippen molar-refractivity contribution >= 4 is 89.6 Å².